The van der Waals surface area contributed by atoms with Gasteiger partial charge in [-0.25, -0.2) is 18.1 Å². The van der Waals surface area contributed by atoms with E-state index in [0.29, 0.717) is 30.5 Å². The second-order valence-electron chi connectivity index (χ2n) is 9.40. The number of fused-ring (bicyclic) bond motifs is 3. The summed E-state index contributed by atoms with van der Waals surface area (Å²) in [6.07, 6.45) is 3.42. The number of carbonyl (C=O) groups excluding carboxylic acids is 1. The molecule has 1 N–H and O–H groups in total. The van der Waals surface area contributed by atoms with Crippen LogP contribution < -0.4 is 9.62 Å². The van der Waals surface area contributed by atoms with Crippen molar-refractivity contribution in [2.24, 2.45) is 10.9 Å². The number of hydrogen-bond donors (Lipinski definition) is 1. The number of anilines is 1. The quantitative estimate of drug-likeness (QED) is 0.696. The summed E-state index contributed by atoms with van der Waals surface area (Å²) < 4.78 is 28.7. The smallest absolute Gasteiger partial charge is 0.263 e. The van der Waals surface area contributed by atoms with E-state index in [1.807, 2.05) is 13.8 Å². The van der Waals surface area contributed by atoms with E-state index in [9.17, 15) is 13.2 Å². The van der Waals surface area contributed by atoms with Gasteiger partial charge < -0.3 is 4.90 Å². The van der Waals surface area contributed by atoms with Gasteiger partial charge in [-0.3, -0.25) is 14.7 Å². The van der Waals surface area contributed by atoms with Crippen molar-refractivity contribution in [2.75, 3.05) is 11.4 Å². The van der Waals surface area contributed by atoms with Gasteiger partial charge in [0.25, 0.3) is 5.91 Å². The number of aryl methyl sites for hydroxylation is 1. The zero-order chi connectivity index (χ0) is 22.8. The number of aliphatic imine (C=N–C) groups is 1. The summed E-state index contributed by atoms with van der Waals surface area (Å²) in [4.78, 5) is 27.5. The van der Waals surface area contributed by atoms with Gasteiger partial charge in [-0.15, -0.1) is 11.3 Å². The predicted molar refractivity (Wildman–Crippen MR) is 125 cm³/mol. The first-order chi connectivity index (χ1) is 15.1. The van der Waals surface area contributed by atoms with Crippen LogP contribution >= 0.6 is 11.3 Å². The van der Waals surface area contributed by atoms with Gasteiger partial charge in [0.05, 0.1) is 40.3 Å². The number of rotatable bonds is 6. The zero-order valence-electron chi connectivity index (χ0n) is 18.6. The molecule has 0 spiro atoms. The molecule has 1 aromatic heterocycles. The predicted octanol–water partition coefficient (Wildman–Crippen LogP) is 3.14. The highest BCUT2D eigenvalue weighted by Gasteiger charge is 2.44. The van der Waals surface area contributed by atoms with Crippen LogP contribution in [0.15, 0.2) is 34.3 Å². The minimum atomic E-state index is -3.71. The highest BCUT2D eigenvalue weighted by atomic mass is 32.2. The van der Waals surface area contributed by atoms with E-state index in [0.717, 1.165) is 28.4 Å². The van der Waals surface area contributed by atoms with Crippen LogP contribution in [0.25, 0.3) is 0 Å². The summed E-state index contributed by atoms with van der Waals surface area (Å²) >= 11 is 1.54. The van der Waals surface area contributed by atoms with Crippen molar-refractivity contribution in [2.45, 2.75) is 63.6 Å². The fourth-order valence-electron chi connectivity index (χ4n) is 4.24. The average Bonchev–Trinajstić information content (AvgIpc) is 3.12. The molecule has 0 saturated heterocycles. The number of guanidine groups is 1. The minimum Gasteiger partial charge on any atom is -0.306 e. The monoisotopic (exact) mass is 473 g/mol. The maximum absolute atomic E-state index is 13.6. The van der Waals surface area contributed by atoms with Crippen LogP contribution in [-0.2, 0) is 16.6 Å². The van der Waals surface area contributed by atoms with E-state index in [2.05, 4.69) is 28.5 Å². The summed E-state index contributed by atoms with van der Waals surface area (Å²) in [5.41, 5.74) is 0.728. The van der Waals surface area contributed by atoms with E-state index in [1.54, 1.807) is 34.6 Å². The molecule has 2 aromatic rings. The van der Waals surface area contributed by atoms with Crippen molar-refractivity contribution in [3.8, 4) is 0 Å². The Morgan fingerprint density at radius 2 is 2.06 bits per heavy atom. The molecular weight excluding hydrogens is 446 g/mol. The van der Waals surface area contributed by atoms with Crippen molar-refractivity contribution >= 4 is 38.9 Å². The first-order valence-corrected chi connectivity index (χ1v) is 13.1. The van der Waals surface area contributed by atoms with E-state index < -0.39 is 10.0 Å². The van der Waals surface area contributed by atoms with Gasteiger partial charge in [-0.05, 0) is 50.8 Å². The number of nitrogens with one attached hydrogen (secondary N) is 1. The van der Waals surface area contributed by atoms with Crippen LogP contribution in [0.1, 0.15) is 53.9 Å². The molecule has 10 heteroatoms. The second kappa shape index (κ2) is 7.36. The molecule has 170 valence electrons. The standard InChI is InChI=1S/C22H27N5O3S2/c1-13(2)19-11-24-21-26(12-15-10-23-14(3)31-15)20(28)17-9-16(5-6-18(17)27(19)21)32(29,30)25-22(4)7-8-22/h5-6,9-10,13,19,25H,7-8,11-12H2,1-4H3/t19-/m1/s1. The van der Waals surface area contributed by atoms with Crippen molar-refractivity contribution in [3.05, 3.63) is 39.8 Å². The largest absolute Gasteiger partial charge is 0.306 e. The number of amides is 1. The molecule has 1 aromatic carbocycles. The third kappa shape index (κ3) is 3.64. The van der Waals surface area contributed by atoms with Gasteiger partial charge in [0, 0.05) is 16.6 Å². The Bertz CT molecular complexity index is 1230. The summed E-state index contributed by atoms with van der Waals surface area (Å²) in [5, 5.41) is 0.933. The lowest BCUT2D eigenvalue weighted by molar-refractivity contribution is 0.0833. The molecule has 8 nitrogen and oxygen atoms in total. The molecule has 1 atom stereocenters. The fraction of sp³-hybridized carbons (Fsp3) is 0.500. The van der Waals surface area contributed by atoms with Crippen molar-refractivity contribution in [1.29, 1.82) is 0 Å². The second-order valence-corrected chi connectivity index (χ2v) is 12.4. The summed E-state index contributed by atoms with van der Waals surface area (Å²) in [6.45, 7) is 9.05. The molecule has 1 aliphatic carbocycles. The summed E-state index contributed by atoms with van der Waals surface area (Å²) in [6, 6.07) is 4.97. The third-order valence-electron chi connectivity index (χ3n) is 6.36. The maximum Gasteiger partial charge on any atom is 0.263 e. The fourth-order valence-corrected chi connectivity index (χ4v) is 6.52. The average molecular weight is 474 g/mol. The molecule has 32 heavy (non-hydrogen) atoms. The first kappa shape index (κ1) is 21.5. The van der Waals surface area contributed by atoms with Gasteiger partial charge >= 0.3 is 0 Å². The zero-order valence-corrected chi connectivity index (χ0v) is 20.3. The summed E-state index contributed by atoms with van der Waals surface area (Å²) in [5.74, 6) is 0.705. The normalized spacial score (nSPS) is 21.6. The maximum atomic E-state index is 13.6. The number of benzene rings is 1. The Morgan fingerprint density at radius 3 is 2.69 bits per heavy atom. The van der Waals surface area contributed by atoms with Gasteiger partial charge in [0.15, 0.2) is 0 Å². The number of carbonyl (C=O) groups is 1. The molecular formula is C22H27N5O3S2. The molecule has 2 aliphatic heterocycles. The first-order valence-electron chi connectivity index (χ1n) is 10.8. The molecule has 3 heterocycles. The number of sulfonamides is 1. The molecule has 0 bridgehead atoms. The number of hydrogen-bond acceptors (Lipinski definition) is 7. The van der Waals surface area contributed by atoms with Crippen LogP contribution in [0.5, 0.6) is 0 Å². The Kier molecular flexibility index (Phi) is 4.95. The molecule has 0 unspecified atom stereocenters. The number of thiazole rings is 1. The van der Waals surface area contributed by atoms with E-state index in [-0.39, 0.29) is 22.4 Å². The highest BCUT2D eigenvalue weighted by Crippen LogP contribution is 2.39. The van der Waals surface area contributed by atoms with Crippen molar-refractivity contribution in [3.63, 3.8) is 0 Å². The van der Waals surface area contributed by atoms with Crippen LogP contribution in [-0.4, -0.2) is 48.3 Å². The van der Waals surface area contributed by atoms with Crippen molar-refractivity contribution in [1.82, 2.24) is 14.6 Å². The Balaban J connectivity index is 1.57. The van der Waals surface area contributed by atoms with Crippen LogP contribution in [0.4, 0.5) is 5.69 Å². The lowest BCUT2D eigenvalue weighted by Crippen LogP contribution is -2.53. The lowest BCUT2D eigenvalue weighted by atomic mass is 10.00. The Hall–Kier alpha value is -2.30. The number of nitrogens with zero attached hydrogens (tertiary/aromatic N) is 4. The molecule has 3 aliphatic rings. The van der Waals surface area contributed by atoms with Crippen LogP contribution in [0.3, 0.4) is 0 Å². The minimum absolute atomic E-state index is 0.105. The molecule has 5 rings (SSSR count). The summed E-state index contributed by atoms with van der Waals surface area (Å²) in [7, 11) is -3.71. The van der Waals surface area contributed by atoms with E-state index in [1.165, 1.54) is 6.07 Å². The molecule has 1 saturated carbocycles. The van der Waals surface area contributed by atoms with Crippen LogP contribution in [0, 0.1) is 12.8 Å². The van der Waals surface area contributed by atoms with Gasteiger partial charge in [0.1, 0.15) is 0 Å². The Morgan fingerprint density at radius 1 is 1.31 bits per heavy atom. The topological polar surface area (TPSA) is 95.0 Å². The van der Waals surface area contributed by atoms with E-state index in [4.69, 9.17) is 4.99 Å². The third-order valence-corrected chi connectivity index (χ3v) is 8.89. The SMILES string of the molecule is Cc1ncc(CN2C(=O)c3cc(S(=O)(=O)NC4(C)CC4)ccc3N3C2=NC[C@@H]3C(C)C)s1. The molecule has 1 fully saturated rings. The lowest BCUT2D eigenvalue weighted by Gasteiger charge is -2.39. The van der Waals surface area contributed by atoms with Crippen LogP contribution in [0.2, 0.25) is 0 Å². The van der Waals surface area contributed by atoms with Gasteiger partial charge in [0.2, 0.25) is 16.0 Å². The molecule has 0 radical (unpaired) electrons. The van der Waals surface area contributed by atoms with Gasteiger partial charge in [-0.1, -0.05) is 13.8 Å². The van der Waals surface area contributed by atoms with Gasteiger partial charge in [-0.2, -0.15) is 0 Å². The van der Waals surface area contributed by atoms with Crippen molar-refractivity contribution < 1.29 is 13.2 Å². The Labute approximate surface area is 192 Å². The van der Waals surface area contributed by atoms with E-state index >= 15 is 0 Å². The number of aromatic nitrogens is 1. The molecule has 1 amide bonds. The highest BCUT2D eigenvalue weighted by molar-refractivity contribution is 7.89.